The highest BCUT2D eigenvalue weighted by Gasteiger charge is 2.39. The van der Waals surface area contributed by atoms with Crippen molar-refractivity contribution in [3.8, 4) is 0 Å². The molecular weight excluding hydrogens is 116 g/mol. The fourth-order valence-corrected chi connectivity index (χ4v) is 0.527. The molecule has 0 aromatic rings. The van der Waals surface area contributed by atoms with Crippen LogP contribution in [0.4, 0.5) is 0 Å². The molecule has 0 aliphatic carbocycles. The summed E-state index contributed by atoms with van der Waals surface area (Å²) in [5, 5.41) is 0. The van der Waals surface area contributed by atoms with Crippen molar-refractivity contribution in [3.05, 3.63) is 12.3 Å². The van der Waals surface area contributed by atoms with Crippen molar-refractivity contribution in [2.45, 2.75) is 19.4 Å². The Labute approximate surface area is 55.5 Å². The second-order valence-electron chi connectivity index (χ2n) is 2.52. The summed E-state index contributed by atoms with van der Waals surface area (Å²) in [5.41, 5.74) is 0.0273. The molecule has 1 fully saturated rings. The molecule has 0 N–H and O–H groups in total. The largest absolute Gasteiger partial charge is 0.498 e. The van der Waals surface area contributed by atoms with E-state index in [2.05, 4.69) is 0 Å². The lowest BCUT2D eigenvalue weighted by Gasteiger charge is -2.02. The maximum absolute atomic E-state index is 5.10. The van der Waals surface area contributed by atoms with Crippen LogP contribution >= 0.6 is 0 Å². The highest BCUT2D eigenvalue weighted by molar-refractivity contribution is 4.87. The summed E-state index contributed by atoms with van der Waals surface area (Å²) in [4.78, 5) is 0. The second kappa shape index (κ2) is 2.40. The average Bonchev–Trinajstić information content (AvgIpc) is 2.50. The van der Waals surface area contributed by atoms with Crippen LogP contribution in [0.1, 0.15) is 13.8 Å². The molecule has 1 atom stereocenters. The lowest BCUT2D eigenvalue weighted by Crippen LogP contribution is -2.11. The van der Waals surface area contributed by atoms with E-state index in [-0.39, 0.29) is 5.60 Å². The van der Waals surface area contributed by atoms with Gasteiger partial charge >= 0.3 is 0 Å². The van der Waals surface area contributed by atoms with Crippen LogP contribution in [0.5, 0.6) is 0 Å². The monoisotopic (exact) mass is 128 g/mol. The lowest BCUT2D eigenvalue weighted by molar-refractivity contribution is 0.162. The van der Waals surface area contributed by atoms with Crippen molar-refractivity contribution in [3.63, 3.8) is 0 Å². The Morgan fingerprint density at radius 2 is 2.44 bits per heavy atom. The van der Waals surface area contributed by atoms with Gasteiger partial charge in [-0.05, 0) is 13.8 Å². The molecule has 2 nitrogen and oxygen atoms in total. The van der Waals surface area contributed by atoms with Gasteiger partial charge in [0.25, 0.3) is 0 Å². The minimum absolute atomic E-state index is 0.0273. The van der Waals surface area contributed by atoms with Gasteiger partial charge in [0.15, 0.2) is 0 Å². The van der Waals surface area contributed by atoms with Crippen LogP contribution in [0.15, 0.2) is 12.3 Å². The zero-order chi connectivity index (χ0) is 6.74. The fraction of sp³-hybridized carbons (Fsp3) is 0.714. The van der Waals surface area contributed by atoms with Gasteiger partial charge in [0.1, 0.15) is 12.2 Å². The number of allylic oxidation sites excluding steroid dienone is 1. The summed E-state index contributed by atoms with van der Waals surface area (Å²) in [5.74, 6) is 0. The number of hydrogen-bond acceptors (Lipinski definition) is 2. The molecule has 0 saturated carbocycles. The first-order valence-electron chi connectivity index (χ1n) is 3.13. The van der Waals surface area contributed by atoms with Gasteiger partial charge in [-0.1, -0.05) is 6.08 Å². The molecule has 1 unspecified atom stereocenters. The van der Waals surface area contributed by atoms with Crippen LogP contribution in [-0.4, -0.2) is 18.8 Å². The molecule has 0 amide bonds. The molecule has 2 heteroatoms. The Hall–Kier alpha value is -0.500. The Morgan fingerprint density at radius 1 is 1.78 bits per heavy atom. The lowest BCUT2D eigenvalue weighted by atomic mass is 10.2. The molecule has 1 saturated heterocycles. The fourth-order valence-electron chi connectivity index (χ4n) is 0.527. The van der Waals surface area contributed by atoms with Gasteiger partial charge in [-0.3, -0.25) is 0 Å². The topological polar surface area (TPSA) is 21.8 Å². The summed E-state index contributed by atoms with van der Waals surface area (Å²) in [6.45, 7) is 5.48. The van der Waals surface area contributed by atoms with E-state index in [1.165, 1.54) is 0 Å². The van der Waals surface area contributed by atoms with Gasteiger partial charge in [0.2, 0.25) is 0 Å². The molecule has 52 valence electrons. The summed E-state index contributed by atoms with van der Waals surface area (Å²) < 4.78 is 10.2. The van der Waals surface area contributed by atoms with Gasteiger partial charge in [0.05, 0.1) is 12.9 Å². The number of rotatable bonds is 3. The first kappa shape index (κ1) is 6.62. The first-order chi connectivity index (χ1) is 4.27. The Morgan fingerprint density at radius 3 is 2.89 bits per heavy atom. The number of epoxide rings is 1. The predicted octanol–water partition coefficient (Wildman–Crippen LogP) is 1.33. The van der Waals surface area contributed by atoms with Crippen LogP contribution < -0.4 is 0 Å². The smallest absolute Gasteiger partial charge is 0.123 e. The van der Waals surface area contributed by atoms with Gasteiger partial charge in [-0.25, -0.2) is 0 Å². The van der Waals surface area contributed by atoms with E-state index in [0.717, 1.165) is 6.61 Å². The first-order valence-corrected chi connectivity index (χ1v) is 3.13. The van der Waals surface area contributed by atoms with Crippen molar-refractivity contribution in [1.29, 1.82) is 0 Å². The van der Waals surface area contributed by atoms with Crippen molar-refractivity contribution in [2.24, 2.45) is 0 Å². The molecule has 1 rings (SSSR count). The molecule has 0 bridgehead atoms. The van der Waals surface area contributed by atoms with Crippen LogP contribution in [0.2, 0.25) is 0 Å². The zero-order valence-electron chi connectivity index (χ0n) is 5.89. The molecule has 1 aliphatic rings. The molecule has 1 heterocycles. The quantitative estimate of drug-likeness (QED) is 0.422. The maximum Gasteiger partial charge on any atom is 0.123 e. The van der Waals surface area contributed by atoms with E-state index in [0.29, 0.717) is 6.61 Å². The molecule has 1 aliphatic heterocycles. The van der Waals surface area contributed by atoms with E-state index < -0.39 is 0 Å². The van der Waals surface area contributed by atoms with Gasteiger partial charge < -0.3 is 9.47 Å². The molecular formula is C7H12O2. The third kappa shape index (κ3) is 2.06. The zero-order valence-corrected chi connectivity index (χ0v) is 5.89. The van der Waals surface area contributed by atoms with Crippen molar-refractivity contribution in [1.82, 2.24) is 0 Å². The Balaban J connectivity index is 2.05. The minimum Gasteiger partial charge on any atom is -0.498 e. The third-order valence-electron chi connectivity index (χ3n) is 1.26. The summed E-state index contributed by atoms with van der Waals surface area (Å²) >= 11 is 0. The second-order valence-corrected chi connectivity index (χ2v) is 2.52. The van der Waals surface area contributed by atoms with E-state index in [1.54, 1.807) is 6.26 Å². The Kier molecular flexibility index (Phi) is 1.76. The average molecular weight is 128 g/mol. The predicted molar refractivity (Wildman–Crippen MR) is 35.1 cm³/mol. The van der Waals surface area contributed by atoms with Gasteiger partial charge in [-0.2, -0.15) is 0 Å². The number of hydrogen-bond donors (Lipinski definition) is 0. The van der Waals surface area contributed by atoms with Crippen molar-refractivity contribution >= 4 is 0 Å². The van der Waals surface area contributed by atoms with E-state index in [4.69, 9.17) is 9.47 Å². The van der Waals surface area contributed by atoms with Crippen molar-refractivity contribution in [2.75, 3.05) is 13.2 Å². The summed E-state index contributed by atoms with van der Waals surface area (Å²) in [6.07, 6.45) is 3.55. The van der Waals surface area contributed by atoms with Gasteiger partial charge in [0, 0.05) is 0 Å². The highest BCUT2D eigenvalue weighted by Crippen LogP contribution is 2.25. The molecule has 9 heavy (non-hydrogen) atoms. The van der Waals surface area contributed by atoms with Crippen molar-refractivity contribution < 1.29 is 9.47 Å². The molecule has 0 spiro atoms. The van der Waals surface area contributed by atoms with E-state index >= 15 is 0 Å². The SMILES string of the molecule is C/C=C/OCC1(C)CO1. The summed E-state index contributed by atoms with van der Waals surface area (Å²) in [6, 6.07) is 0. The van der Waals surface area contributed by atoms with Crippen LogP contribution in [0.25, 0.3) is 0 Å². The van der Waals surface area contributed by atoms with E-state index in [1.807, 2.05) is 19.9 Å². The minimum atomic E-state index is 0.0273. The highest BCUT2D eigenvalue weighted by atomic mass is 16.6. The Bertz CT molecular complexity index is 114. The van der Waals surface area contributed by atoms with Gasteiger partial charge in [-0.15, -0.1) is 0 Å². The molecule has 0 radical (unpaired) electrons. The normalized spacial score (nSPS) is 33.1. The third-order valence-corrected chi connectivity index (χ3v) is 1.26. The van der Waals surface area contributed by atoms with Crippen LogP contribution in [-0.2, 0) is 9.47 Å². The maximum atomic E-state index is 5.10. The van der Waals surface area contributed by atoms with Crippen LogP contribution in [0.3, 0.4) is 0 Å². The molecule has 0 aromatic heterocycles. The van der Waals surface area contributed by atoms with Crippen LogP contribution in [0, 0.1) is 0 Å². The number of ether oxygens (including phenoxy) is 2. The molecule has 0 aromatic carbocycles. The standard InChI is InChI=1S/C7H12O2/c1-3-4-8-5-7(2)6-9-7/h3-4H,5-6H2,1-2H3/b4-3+. The van der Waals surface area contributed by atoms with E-state index in [9.17, 15) is 0 Å². The summed E-state index contributed by atoms with van der Waals surface area (Å²) in [7, 11) is 0.